The van der Waals surface area contributed by atoms with Gasteiger partial charge in [-0.2, -0.15) is 0 Å². The van der Waals surface area contributed by atoms with Crippen LogP contribution in [0, 0.1) is 0 Å². The smallest absolute Gasteiger partial charge is 0.251 e. The highest BCUT2D eigenvalue weighted by molar-refractivity contribution is 5.94. The van der Waals surface area contributed by atoms with Crippen LogP contribution < -0.4 is 15.0 Å². The number of methoxy groups -OCH3 is 1. The van der Waals surface area contributed by atoms with Crippen LogP contribution in [0.4, 0.5) is 0 Å². The summed E-state index contributed by atoms with van der Waals surface area (Å²) in [7, 11) is 1.60. The van der Waals surface area contributed by atoms with E-state index in [9.17, 15) is 4.79 Å². The van der Waals surface area contributed by atoms with Crippen LogP contribution in [-0.2, 0) is 16.0 Å². The number of fused-ring (bicyclic) bond motifs is 1. The minimum Gasteiger partial charge on any atom is -0.497 e. The number of likely N-dealkylation sites (tertiary alicyclic amines) is 1. The molecule has 3 fully saturated rings. The molecular weight excluding hydrogens is 460 g/mol. The summed E-state index contributed by atoms with van der Waals surface area (Å²) < 4.78 is 19.2. The van der Waals surface area contributed by atoms with E-state index in [0.29, 0.717) is 30.4 Å². The molecule has 4 atom stereocenters. The number of tetrazole rings is 1. The quantitative estimate of drug-likeness (QED) is 0.501. The van der Waals surface area contributed by atoms with Gasteiger partial charge in [0.1, 0.15) is 30.5 Å². The maximum atomic E-state index is 12.8. The number of hydrogen-bond donors (Lipinski definition) is 2. The standard InChI is InChI=1S/C26H30N6O4/c1-34-20-9-7-18(8-10-20)26(33)27-21-15-35-24-22(16-36-23(21)24)32-25(28-29-30-32)19-6-4-5-17(13-19)14-31-11-2-3-12-31/h4-10,13,21-24H,2-3,11-12,14-16H2,1H3,(H,27,33)/p+1/t21-,22-,23+,24+/m0/s1. The van der Waals surface area contributed by atoms with Gasteiger partial charge in [-0.3, -0.25) is 4.79 Å². The molecule has 6 rings (SSSR count). The molecule has 2 aromatic carbocycles. The van der Waals surface area contributed by atoms with Gasteiger partial charge >= 0.3 is 0 Å². The molecule has 36 heavy (non-hydrogen) atoms. The number of ether oxygens (including phenoxy) is 3. The Morgan fingerprint density at radius 2 is 1.92 bits per heavy atom. The molecule has 3 aliphatic rings. The molecule has 0 radical (unpaired) electrons. The van der Waals surface area contributed by atoms with Crippen LogP contribution >= 0.6 is 0 Å². The zero-order valence-electron chi connectivity index (χ0n) is 20.3. The third-order valence-electron chi connectivity index (χ3n) is 7.45. The Balaban J connectivity index is 1.15. The second-order valence-electron chi connectivity index (χ2n) is 9.75. The van der Waals surface area contributed by atoms with Crippen LogP contribution in [-0.4, -0.2) is 77.8 Å². The van der Waals surface area contributed by atoms with E-state index in [1.165, 1.54) is 31.5 Å². The van der Waals surface area contributed by atoms with Crippen molar-refractivity contribution >= 4 is 5.91 Å². The van der Waals surface area contributed by atoms with Gasteiger partial charge < -0.3 is 24.4 Å². The number of amides is 1. The van der Waals surface area contributed by atoms with Crippen molar-refractivity contribution < 1.29 is 23.9 Å². The third-order valence-corrected chi connectivity index (χ3v) is 7.45. The monoisotopic (exact) mass is 491 g/mol. The molecule has 0 aliphatic carbocycles. The molecule has 3 saturated heterocycles. The molecule has 0 spiro atoms. The molecular formula is C26H31N6O4+. The van der Waals surface area contributed by atoms with E-state index in [0.717, 1.165) is 12.1 Å². The molecule has 10 nitrogen and oxygen atoms in total. The first-order chi connectivity index (χ1) is 17.7. The summed E-state index contributed by atoms with van der Waals surface area (Å²) in [6.07, 6.45) is 2.10. The molecule has 1 aromatic heterocycles. The van der Waals surface area contributed by atoms with Gasteiger partial charge in [0.05, 0.1) is 39.5 Å². The van der Waals surface area contributed by atoms with Crippen LogP contribution in [0.1, 0.15) is 34.8 Å². The van der Waals surface area contributed by atoms with E-state index in [4.69, 9.17) is 14.2 Å². The van der Waals surface area contributed by atoms with E-state index in [1.54, 1.807) is 36.3 Å². The summed E-state index contributed by atoms with van der Waals surface area (Å²) in [4.78, 5) is 14.4. The Kier molecular flexibility index (Phi) is 6.39. The van der Waals surface area contributed by atoms with E-state index in [2.05, 4.69) is 39.0 Å². The van der Waals surface area contributed by atoms with Gasteiger partial charge in [-0.05, 0) is 40.8 Å². The van der Waals surface area contributed by atoms with Crippen LogP contribution in [0.15, 0.2) is 48.5 Å². The number of aromatic nitrogens is 4. The SMILES string of the molecule is COc1ccc(C(=O)N[C@H]2CO[C@H]3[C@@H]2OC[C@@H]3n2nnnc2-c2cccc(C[NH+]3CCCC3)c2)cc1. The number of hydrogen-bond acceptors (Lipinski definition) is 7. The third kappa shape index (κ3) is 4.47. The lowest BCUT2D eigenvalue weighted by Crippen LogP contribution is -3.08. The molecule has 3 aliphatic heterocycles. The Morgan fingerprint density at radius 1 is 1.11 bits per heavy atom. The van der Waals surface area contributed by atoms with Gasteiger partial charge in [0.15, 0.2) is 5.82 Å². The first-order valence-electron chi connectivity index (χ1n) is 12.6. The zero-order valence-corrected chi connectivity index (χ0v) is 20.3. The van der Waals surface area contributed by atoms with Gasteiger partial charge in [-0.15, -0.1) is 5.10 Å². The van der Waals surface area contributed by atoms with Crippen molar-refractivity contribution in [1.29, 1.82) is 0 Å². The highest BCUT2D eigenvalue weighted by Crippen LogP contribution is 2.36. The second-order valence-corrected chi connectivity index (χ2v) is 9.75. The largest absolute Gasteiger partial charge is 0.497 e. The molecule has 2 N–H and O–H groups in total. The summed E-state index contributed by atoms with van der Waals surface area (Å²) in [5, 5.41) is 15.7. The fraction of sp³-hybridized carbons (Fsp3) is 0.462. The topological polar surface area (TPSA) is 105 Å². The Morgan fingerprint density at radius 3 is 2.72 bits per heavy atom. The number of quaternary nitrogens is 1. The van der Waals surface area contributed by atoms with Gasteiger partial charge in [-0.1, -0.05) is 18.2 Å². The van der Waals surface area contributed by atoms with Crippen molar-refractivity contribution in [2.45, 2.75) is 43.7 Å². The highest BCUT2D eigenvalue weighted by Gasteiger charge is 2.50. The van der Waals surface area contributed by atoms with Crippen molar-refractivity contribution in [3.05, 3.63) is 59.7 Å². The van der Waals surface area contributed by atoms with Crippen molar-refractivity contribution in [2.75, 3.05) is 33.4 Å². The molecule has 0 unspecified atom stereocenters. The second kappa shape index (κ2) is 9.96. The van der Waals surface area contributed by atoms with E-state index >= 15 is 0 Å². The first-order valence-corrected chi connectivity index (χ1v) is 12.6. The van der Waals surface area contributed by atoms with Crippen LogP contribution in [0.2, 0.25) is 0 Å². The molecule has 3 aromatic rings. The number of nitrogens with zero attached hydrogens (tertiary/aromatic N) is 4. The lowest BCUT2D eigenvalue weighted by atomic mass is 10.0. The Bertz CT molecular complexity index is 1210. The van der Waals surface area contributed by atoms with Crippen molar-refractivity contribution in [3.63, 3.8) is 0 Å². The number of carbonyl (C=O) groups is 1. The van der Waals surface area contributed by atoms with E-state index in [1.807, 2.05) is 10.7 Å². The highest BCUT2D eigenvalue weighted by atomic mass is 16.6. The molecule has 10 heteroatoms. The Hall–Kier alpha value is -3.34. The maximum Gasteiger partial charge on any atom is 0.251 e. The van der Waals surface area contributed by atoms with E-state index in [-0.39, 0.29) is 30.2 Å². The summed E-state index contributed by atoms with van der Waals surface area (Å²) in [5.41, 5.74) is 2.84. The van der Waals surface area contributed by atoms with Gasteiger partial charge in [0.2, 0.25) is 0 Å². The van der Waals surface area contributed by atoms with Gasteiger partial charge in [0.25, 0.3) is 5.91 Å². The molecule has 0 bridgehead atoms. The average Bonchev–Trinajstić information content (AvgIpc) is 3.70. The van der Waals surface area contributed by atoms with Crippen molar-refractivity contribution in [2.24, 2.45) is 0 Å². The molecule has 0 saturated carbocycles. The molecule has 188 valence electrons. The summed E-state index contributed by atoms with van der Waals surface area (Å²) in [6, 6.07) is 15.1. The lowest BCUT2D eigenvalue weighted by Gasteiger charge is -2.18. The van der Waals surface area contributed by atoms with Gasteiger partial charge in [-0.25, -0.2) is 4.68 Å². The lowest BCUT2D eigenvalue weighted by molar-refractivity contribution is -0.901. The van der Waals surface area contributed by atoms with Crippen molar-refractivity contribution in [3.8, 4) is 17.1 Å². The first kappa shape index (κ1) is 23.1. The average molecular weight is 492 g/mol. The van der Waals surface area contributed by atoms with E-state index < -0.39 is 0 Å². The van der Waals surface area contributed by atoms with Gasteiger partial charge in [0, 0.05) is 29.5 Å². The number of rotatable bonds is 7. The number of nitrogens with one attached hydrogen (secondary N) is 2. The maximum absolute atomic E-state index is 12.8. The number of benzene rings is 2. The Labute approximate surface area is 209 Å². The predicted molar refractivity (Wildman–Crippen MR) is 130 cm³/mol. The molecule has 4 heterocycles. The van der Waals surface area contributed by atoms with Crippen LogP contribution in [0.25, 0.3) is 11.4 Å². The normalized spacial score (nSPS) is 25.7. The summed E-state index contributed by atoms with van der Waals surface area (Å²) >= 11 is 0. The van der Waals surface area contributed by atoms with Crippen molar-refractivity contribution in [1.82, 2.24) is 25.5 Å². The van der Waals surface area contributed by atoms with Crippen LogP contribution in [0.3, 0.4) is 0 Å². The number of carbonyl (C=O) groups excluding carboxylic acids is 1. The summed E-state index contributed by atoms with van der Waals surface area (Å²) in [5.74, 6) is 1.24. The molecule has 1 amide bonds. The minimum atomic E-state index is -0.264. The fourth-order valence-corrected chi connectivity index (χ4v) is 5.57. The zero-order chi connectivity index (χ0) is 24.5. The fourth-order valence-electron chi connectivity index (χ4n) is 5.57. The van der Waals surface area contributed by atoms with Crippen LogP contribution in [0.5, 0.6) is 5.75 Å². The summed E-state index contributed by atoms with van der Waals surface area (Å²) in [6.45, 7) is 4.28. The minimum absolute atomic E-state index is 0.168. The predicted octanol–water partition coefficient (Wildman–Crippen LogP) is 0.665.